The van der Waals surface area contributed by atoms with Crippen molar-refractivity contribution in [1.82, 2.24) is 5.32 Å². The van der Waals surface area contributed by atoms with Crippen LogP contribution in [0, 0.1) is 0 Å². The third kappa shape index (κ3) is 10.1. The van der Waals surface area contributed by atoms with E-state index < -0.39 is 5.60 Å². The Kier molecular flexibility index (Phi) is 14.4. The lowest BCUT2D eigenvalue weighted by Crippen LogP contribution is -2.47. The molecule has 1 aliphatic heterocycles. The summed E-state index contributed by atoms with van der Waals surface area (Å²) < 4.78 is 12.0. The zero-order chi connectivity index (χ0) is 28.5. The molecule has 0 radical (unpaired) electrons. The molecule has 1 amide bonds. The molecule has 5 heteroatoms. The minimum atomic E-state index is -1.33. The van der Waals surface area contributed by atoms with E-state index in [-0.39, 0.29) is 11.9 Å². The van der Waals surface area contributed by atoms with Crippen LogP contribution in [0.2, 0.25) is 0 Å². The van der Waals surface area contributed by atoms with Crippen LogP contribution in [0.1, 0.15) is 128 Å². The molecule has 5 nitrogen and oxygen atoms in total. The first-order chi connectivity index (χ1) is 19.6. The predicted octanol–water partition coefficient (Wildman–Crippen LogP) is 8.46. The van der Waals surface area contributed by atoms with E-state index in [1.807, 2.05) is 48.5 Å². The lowest BCUT2D eigenvalue weighted by Gasteiger charge is -2.35. The van der Waals surface area contributed by atoms with E-state index in [9.17, 15) is 9.90 Å². The van der Waals surface area contributed by atoms with Gasteiger partial charge < -0.3 is 19.9 Å². The number of carbonyl (C=O) groups excluding carboxylic acids is 1. The summed E-state index contributed by atoms with van der Waals surface area (Å²) in [6, 6.07) is 15.0. The highest BCUT2D eigenvalue weighted by Gasteiger charge is 2.43. The molecule has 1 fully saturated rings. The monoisotopic (exact) mass is 551 g/mol. The van der Waals surface area contributed by atoms with Gasteiger partial charge in [0.25, 0.3) is 0 Å². The summed E-state index contributed by atoms with van der Waals surface area (Å²) in [5.41, 5.74) is 0.166. The molecule has 2 N–H and O–H groups in total. The first-order valence-corrected chi connectivity index (χ1v) is 16.1. The standard InChI is InChI=1S/C35H53NO4/c1-3-5-7-9-11-13-15-27-39-31-21-17-29(18-22-31)35(38,33-25-26-34(37)36-33)30-19-23-32(24-20-30)40-28-16-14-12-10-8-6-4-2/h17-24,33,38H,3-16,25-28H2,1-2H3,(H,36,37)/t33-/m1/s1. The molecule has 0 bridgehead atoms. The molecule has 1 saturated heterocycles. The summed E-state index contributed by atoms with van der Waals surface area (Å²) in [7, 11) is 0. The number of rotatable bonds is 21. The molecule has 1 aliphatic rings. The van der Waals surface area contributed by atoms with E-state index >= 15 is 0 Å². The molecule has 0 unspecified atom stereocenters. The maximum atomic E-state index is 12.1. The second-order valence-electron chi connectivity index (χ2n) is 11.4. The molecule has 40 heavy (non-hydrogen) atoms. The molecule has 0 saturated carbocycles. The van der Waals surface area contributed by atoms with E-state index in [2.05, 4.69) is 19.2 Å². The van der Waals surface area contributed by atoms with Crippen LogP contribution in [0.15, 0.2) is 48.5 Å². The summed E-state index contributed by atoms with van der Waals surface area (Å²) in [4.78, 5) is 12.1. The number of benzene rings is 2. The maximum Gasteiger partial charge on any atom is 0.220 e. The molecule has 0 aromatic heterocycles. The molecule has 1 atom stereocenters. The first-order valence-electron chi connectivity index (χ1n) is 16.1. The van der Waals surface area contributed by atoms with Crippen molar-refractivity contribution in [3.63, 3.8) is 0 Å². The number of nitrogens with one attached hydrogen (secondary N) is 1. The summed E-state index contributed by atoms with van der Waals surface area (Å²) in [5, 5.41) is 15.1. The van der Waals surface area contributed by atoms with Gasteiger partial charge in [-0.3, -0.25) is 4.79 Å². The van der Waals surface area contributed by atoms with Gasteiger partial charge in [0.1, 0.15) is 17.1 Å². The largest absolute Gasteiger partial charge is 0.494 e. The van der Waals surface area contributed by atoms with Crippen LogP contribution in [0.3, 0.4) is 0 Å². The molecule has 222 valence electrons. The zero-order valence-electron chi connectivity index (χ0n) is 25.1. The Morgan fingerprint density at radius 2 is 1.07 bits per heavy atom. The number of unbranched alkanes of at least 4 members (excludes halogenated alkanes) is 12. The first kappa shape index (κ1) is 32.0. The van der Waals surface area contributed by atoms with E-state index in [4.69, 9.17) is 9.47 Å². The smallest absolute Gasteiger partial charge is 0.220 e. The van der Waals surface area contributed by atoms with E-state index in [1.165, 1.54) is 77.0 Å². The van der Waals surface area contributed by atoms with Crippen molar-refractivity contribution in [3.8, 4) is 11.5 Å². The summed E-state index contributed by atoms with van der Waals surface area (Å²) in [6.45, 7) is 5.90. The van der Waals surface area contributed by atoms with Gasteiger partial charge in [-0.2, -0.15) is 0 Å². The fraction of sp³-hybridized carbons (Fsp3) is 0.629. The highest BCUT2D eigenvalue weighted by atomic mass is 16.5. The summed E-state index contributed by atoms with van der Waals surface area (Å²) >= 11 is 0. The van der Waals surface area contributed by atoms with Crippen molar-refractivity contribution in [2.45, 2.75) is 128 Å². The van der Waals surface area contributed by atoms with Crippen LogP contribution in [-0.4, -0.2) is 30.3 Å². The Hall–Kier alpha value is -2.53. The normalized spacial score (nSPS) is 15.3. The van der Waals surface area contributed by atoms with Crippen molar-refractivity contribution >= 4 is 5.91 Å². The van der Waals surface area contributed by atoms with Crippen molar-refractivity contribution in [2.75, 3.05) is 13.2 Å². The maximum absolute atomic E-state index is 12.1. The van der Waals surface area contributed by atoms with Crippen LogP contribution in [0.25, 0.3) is 0 Å². The quantitative estimate of drug-likeness (QED) is 0.153. The third-order valence-corrected chi connectivity index (χ3v) is 8.12. The Bertz CT molecular complexity index is 893. The SMILES string of the molecule is CCCCCCCCCOc1ccc(C(O)(c2ccc(OCCCCCCCCC)cc2)[C@H]2CCC(=O)N2)cc1. The van der Waals surface area contributed by atoms with Crippen LogP contribution >= 0.6 is 0 Å². The Labute approximate surface area is 243 Å². The lowest BCUT2D eigenvalue weighted by molar-refractivity contribution is -0.120. The van der Waals surface area contributed by atoms with Crippen molar-refractivity contribution in [2.24, 2.45) is 0 Å². The minimum absolute atomic E-state index is 0.0206. The van der Waals surface area contributed by atoms with Crippen LogP contribution < -0.4 is 14.8 Å². The topological polar surface area (TPSA) is 67.8 Å². The Balaban J connectivity index is 1.55. The van der Waals surface area contributed by atoms with Crippen LogP contribution in [0.4, 0.5) is 0 Å². The van der Waals surface area contributed by atoms with E-state index in [0.717, 1.165) is 35.5 Å². The zero-order valence-corrected chi connectivity index (χ0v) is 25.1. The number of ether oxygens (including phenoxy) is 2. The summed E-state index contributed by atoms with van der Waals surface area (Å²) in [5.74, 6) is 1.59. The lowest BCUT2D eigenvalue weighted by atomic mass is 9.79. The average Bonchev–Trinajstić information content (AvgIpc) is 3.43. The van der Waals surface area contributed by atoms with Crippen LogP contribution in [-0.2, 0) is 10.4 Å². The molecule has 0 aliphatic carbocycles. The van der Waals surface area contributed by atoms with Gasteiger partial charge >= 0.3 is 0 Å². The minimum Gasteiger partial charge on any atom is -0.494 e. The molecular formula is C35H53NO4. The highest BCUT2D eigenvalue weighted by Crippen LogP contribution is 2.38. The second-order valence-corrected chi connectivity index (χ2v) is 11.4. The fourth-order valence-corrected chi connectivity index (χ4v) is 5.61. The molecule has 1 heterocycles. The average molecular weight is 552 g/mol. The van der Waals surface area contributed by atoms with E-state index in [1.54, 1.807) is 0 Å². The van der Waals surface area contributed by atoms with Gasteiger partial charge in [0.05, 0.1) is 19.3 Å². The van der Waals surface area contributed by atoms with Gasteiger partial charge in [-0.1, -0.05) is 115 Å². The van der Waals surface area contributed by atoms with Crippen molar-refractivity contribution in [1.29, 1.82) is 0 Å². The van der Waals surface area contributed by atoms with Gasteiger partial charge in [-0.15, -0.1) is 0 Å². The van der Waals surface area contributed by atoms with Gasteiger partial charge in [0.15, 0.2) is 0 Å². The molecule has 3 rings (SSSR count). The molecule has 0 spiro atoms. The fourth-order valence-electron chi connectivity index (χ4n) is 5.61. The number of aliphatic hydroxyl groups is 1. The molecular weight excluding hydrogens is 498 g/mol. The number of amides is 1. The Morgan fingerprint density at radius 3 is 1.45 bits per heavy atom. The number of hydrogen-bond donors (Lipinski definition) is 2. The van der Waals surface area contributed by atoms with Crippen molar-refractivity contribution < 1.29 is 19.4 Å². The number of carbonyl (C=O) groups is 1. The van der Waals surface area contributed by atoms with E-state index in [0.29, 0.717) is 26.1 Å². The Morgan fingerprint density at radius 1 is 0.675 bits per heavy atom. The second kappa shape index (κ2) is 18.0. The highest BCUT2D eigenvalue weighted by molar-refractivity contribution is 5.79. The number of hydrogen-bond acceptors (Lipinski definition) is 4. The van der Waals surface area contributed by atoms with Gasteiger partial charge in [0.2, 0.25) is 5.91 Å². The van der Waals surface area contributed by atoms with Crippen molar-refractivity contribution in [3.05, 3.63) is 59.7 Å². The molecule has 2 aromatic carbocycles. The van der Waals surface area contributed by atoms with Gasteiger partial charge in [-0.05, 0) is 54.7 Å². The summed E-state index contributed by atoms with van der Waals surface area (Å²) in [6.07, 6.45) is 18.6. The predicted molar refractivity (Wildman–Crippen MR) is 164 cm³/mol. The van der Waals surface area contributed by atoms with Crippen LogP contribution in [0.5, 0.6) is 11.5 Å². The van der Waals surface area contributed by atoms with Gasteiger partial charge in [-0.25, -0.2) is 0 Å². The molecule has 2 aromatic rings. The van der Waals surface area contributed by atoms with Gasteiger partial charge in [0, 0.05) is 6.42 Å². The third-order valence-electron chi connectivity index (χ3n) is 8.12.